The summed E-state index contributed by atoms with van der Waals surface area (Å²) in [5, 5.41) is 6.23. The van der Waals surface area contributed by atoms with E-state index < -0.39 is 0 Å². The van der Waals surface area contributed by atoms with Gasteiger partial charge >= 0.3 is 0 Å². The third-order valence-electron chi connectivity index (χ3n) is 3.63. The van der Waals surface area contributed by atoms with E-state index in [0.29, 0.717) is 12.2 Å². The number of ether oxygens (including phenoxy) is 1. The minimum atomic E-state index is -0.245. The first-order valence-electron chi connectivity index (χ1n) is 7.82. The van der Waals surface area contributed by atoms with Crippen molar-refractivity contribution in [3.05, 3.63) is 77.9 Å². The molecule has 0 fully saturated rings. The van der Waals surface area contributed by atoms with Gasteiger partial charge in [0, 0.05) is 11.1 Å². The molecular formula is C20H18N2O2. The van der Waals surface area contributed by atoms with Crippen molar-refractivity contribution >= 4 is 22.9 Å². The molecule has 0 atom stereocenters. The first-order valence-corrected chi connectivity index (χ1v) is 7.82. The lowest BCUT2D eigenvalue weighted by molar-refractivity contribution is 0.0955. The summed E-state index contributed by atoms with van der Waals surface area (Å²) in [6, 6.07) is 20.9. The number of fused-ring (bicyclic) bond motifs is 1. The largest absolute Gasteiger partial charge is 0.493 e. The van der Waals surface area contributed by atoms with Crippen LogP contribution in [0.3, 0.4) is 0 Å². The van der Waals surface area contributed by atoms with Crippen LogP contribution < -0.4 is 10.2 Å². The number of nitrogens with one attached hydrogen (secondary N) is 1. The van der Waals surface area contributed by atoms with E-state index in [1.165, 1.54) is 0 Å². The molecule has 0 radical (unpaired) electrons. The number of hydrogen-bond acceptors (Lipinski definition) is 3. The van der Waals surface area contributed by atoms with Crippen LogP contribution in [0.2, 0.25) is 0 Å². The van der Waals surface area contributed by atoms with Gasteiger partial charge in [-0.25, -0.2) is 5.43 Å². The van der Waals surface area contributed by atoms with Crippen molar-refractivity contribution in [2.24, 2.45) is 5.10 Å². The summed E-state index contributed by atoms with van der Waals surface area (Å²) in [6.45, 7) is 2.50. The zero-order chi connectivity index (χ0) is 16.8. The fourth-order valence-electron chi connectivity index (χ4n) is 2.50. The zero-order valence-corrected chi connectivity index (χ0v) is 13.4. The summed E-state index contributed by atoms with van der Waals surface area (Å²) in [5.74, 6) is 0.499. The van der Waals surface area contributed by atoms with E-state index in [1.54, 1.807) is 18.3 Å². The Morgan fingerprint density at radius 1 is 1.04 bits per heavy atom. The number of nitrogens with zero attached hydrogens (tertiary/aromatic N) is 1. The summed E-state index contributed by atoms with van der Waals surface area (Å²) >= 11 is 0. The van der Waals surface area contributed by atoms with Crippen LogP contribution in [-0.4, -0.2) is 18.7 Å². The third kappa shape index (κ3) is 3.43. The highest BCUT2D eigenvalue weighted by Gasteiger charge is 2.07. The molecule has 0 saturated heterocycles. The Labute approximate surface area is 140 Å². The molecule has 0 saturated carbocycles. The summed E-state index contributed by atoms with van der Waals surface area (Å²) in [4.78, 5) is 12.1. The molecule has 0 heterocycles. The standard InChI is InChI=1S/C20H18N2O2/c1-2-24-19-13-12-15-8-6-7-11-17(15)18(19)14-21-22-20(23)16-9-4-3-5-10-16/h3-14H,2H2,1H3,(H,22,23)/b21-14+. The molecule has 0 aliphatic rings. The van der Waals surface area contributed by atoms with Gasteiger partial charge in [-0.05, 0) is 35.9 Å². The van der Waals surface area contributed by atoms with Crippen molar-refractivity contribution in [3.63, 3.8) is 0 Å². The van der Waals surface area contributed by atoms with Crippen molar-refractivity contribution in [1.82, 2.24) is 5.43 Å². The first kappa shape index (κ1) is 15.7. The molecule has 1 N–H and O–H groups in total. The van der Waals surface area contributed by atoms with Gasteiger partial charge in [0.05, 0.1) is 12.8 Å². The van der Waals surface area contributed by atoms with Crippen LogP contribution in [0.25, 0.3) is 10.8 Å². The molecule has 4 nitrogen and oxygen atoms in total. The normalized spacial score (nSPS) is 10.9. The van der Waals surface area contributed by atoms with Crippen LogP contribution in [0.4, 0.5) is 0 Å². The predicted octanol–water partition coefficient (Wildman–Crippen LogP) is 4.00. The van der Waals surface area contributed by atoms with E-state index in [1.807, 2.05) is 61.5 Å². The number of carbonyl (C=O) groups is 1. The maximum atomic E-state index is 12.1. The molecule has 3 aromatic rings. The van der Waals surface area contributed by atoms with Crippen molar-refractivity contribution in [3.8, 4) is 5.75 Å². The van der Waals surface area contributed by atoms with E-state index in [0.717, 1.165) is 22.1 Å². The lowest BCUT2D eigenvalue weighted by Gasteiger charge is -2.10. The Kier molecular flexibility index (Phi) is 4.87. The second kappa shape index (κ2) is 7.42. The Bertz CT molecular complexity index is 873. The lowest BCUT2D eigenvalue weighted by atomic mass is 10.0. The molecule has 3 rings (SSSR count). The highest BCUT2D eigenvalue weighted by molar-refractivity contribution is 6.03. The molecule has 0 aromatic heterocycles. The van der Waals surface area contributed by atoms with Crippen LogP contribution >= 0.6 is 0 Å². The predicted molar refractivity (Wildman–Crippen MR) is 96.6 cm³/mol. The summed E-state index contributed by atoms with van der Waals surface area (Å²) in [5.41, 5.74) is 3.97. The highest BCUT2D eigenvalue weighted by Crippen LogP contribution is 2.26. The van der Waals surface area contributed by atoms with Crippen LogP contribution in [0.15, 0.2) is 71.8 Å². The molecule has 0 aliphatic carbocycles. The highest BCUT2D eigenvalue weighted by atomic mass is 16.5. The first-order chi connectivity index (χ1) is 11.8. The van der Waals surface area contributed by atoms with Gasteiger partial charge in [0.1, 0.15) is 5.75 Å². The topological polar surface area (TPSA) is 50.7 Å². The second-order valence-corrected chi connectivity index (χ2v) is 5.20. The lowest BCUT2D eigenvalue weighted by Crippen LogP contribution is -2.17. The van der Waals surface area contributed by atoms with Crippen LogP contribution in [0.1, 0.15) is 22.8 Å². The Morgan fingerprint density at radius 3 is 2.58 bits per heavy atom. The van der Waals surface area contributed by atoms with Crippen molar-refractivity contribution in [2.75, 3.05) is 6.61 Å². The molecule has 120 valence electrons. The molecule has 0 bridgehead atoms. The fourth-order valence-corrected chi connectivity index (χ4v) is 2.50. The van der Waals surface area contributed by atoms with Gasteiger partial charge in [0.2, 0.25) is 0 Å². The smallest absolute Gasteiger partial charge is 0.271 e. The quantitative estimate of drug-likeness (QED) is 0.571. The number of rotatable bonds is 5. The van der Waals surface area contributed by atoms with E-state index in [4.69, 9.17) is 4.74 Å². The zero-order valence-electron chi connectivity index (χ0n) is 13.4. The maximum absolute atomic E-state index is 12.1. The van der Waals surface area contributed by atoms with Crippen molar-refractivity contribution < 1.29 is 9.53 Å². The average molecular weight is 318 g/mol. The Hall–Kier alpha value is -3.14. The van der Waals surface area contributed by atoms with Crippen LogP contribution in [0.5, 0.6) is 5.75 Å². The number of benzene rings is 3. The molecule has 0 unspecified atom stereocenters. The van der Waals surface area contributed by atoms with E-state index in [9.17, 15) is 4.79 Å². The van der Waals surface area contributed by atoms with Gasteiger partial charge in [-0.2, -0.15) is 5.10 Å². The molecular weight excluding hydrogens is 300 g/mol. The van der Waals surface area contributed by atoms with Crippen molar-refractivity contribution in [2.45, 2.75) is 6.92 Å². The molecule has 4 heteroatoms. The number of amides is 1. The van der Waals surface area contributed by atoms with Gasteiger partial charge in [-0.3, -0.25) is 4.79 Å². The Balaban J connectivity index is 1.88. The number of hydrogen-bond donors (Lipinski definition) is 1. The van der Waals surface area contributed by atoms with Gasteiger partial charge < -0.3 is 4.74 Å². The molecule has 3 aromatic carbocycles. The number of hydrazone groups is 1. The van der Waals surface area contributed by atoms with Gasteiger partial charge in [0.15, 0.2) is 0 Å². The van der Waals surface area contributed by atoms with E-state index in [2.05, 4.69) is 10.5 Å². The maximum Gasteiger partial charge on any atom is 0.271 e. The molecule has 1 amide bonds. The second-order valence-electron chi connectivity index (χ2n) is 5.20. The number of carbonyl (C=O) groups excluding carboxylic acids is 1. The van der Waals surface area contributed by atoms with E-state index >= 15 is 0 Å². The summed E-state index contributed by atoms with van der Waals surface area (Å²) < 4.78 is 5.68. The minimum absolute atomic E-state index is 0.245. The SMILES string of the molecule is CCOc1ccc2ccccc2c1/C=N/NC(=O)c1ccccc1. The fraction of sp³-hybridized carbons (Fsp3) is 0.100. The van der Waals surface area contributed by atoms with E-state index in [-0.39, 0.29) is 5.91 Å². The van der Waals surface area contributed by atoms with Gasteiger partial charge in [0.25, 0.3) is 5.91 Å². The molecule has 0 spiro atoms. The van der Waals surface area contributed by atoms with Gasteiger partial charge in [-0.1, -0.05) is 48.5 Å². The minimum Gasteiger partial charge on any atom is -0.493 e. The average Bonchev–Trinajstić information content (AvgIpc) is 2.64. The van der Waals surface area contributed by atoms with Gasteiger partial charge in [-0.15, -0.1) is 0 Å². The monoisotopic (exact) mass is 318 g/mol. The molecule has 0 aliphatic heterocycles. The van der Waals surface area contributed by atoms with Crippen LogP contribution in [0, 0.1) is 0 Å². The molecule has 24 heavy (non-hydrogen) atoms. The Morgan fingerprint density at radius 2 is 1.79 bits per heavy atom. The third-order valence-corrected chi connectivity index (χ3v) is 3.63. The van der Waals surface area contributed by atoms with Crippen LogP contribution in [-0.2, 0) is 0 Å². The summed E-state index contributed by atoms with van der Waals surface area (Å²) in [6.07, 6.45) is 1.63. The van der Waals surface area contributed by atoms with Crippen molar-refractivity contribution in [1.29, 1.82) is 0 Å². The summed E-state index contributed by atoms with van der Waals surface area (Å²) in [7, 11) is 0.